The Morgan fingerprint density at radius 2 is 1.90 bits per heavy atom. The maximum atomic E-state index is 3.36. The van der Waals surface area contributed by atoms with Crippen molar-refractivity contribution in [3.63, 3.8) is 0 Å². The van der Waals surface area contributed by atoms with E-state index in [1.807, 2.05) is 0 Å². The first kappa shape index (κ1) is 8.17. The lowest BCUT2D eigenvalue weighted by Crippen LogP contribution is -2.67. The van der Waals surface area contributed by atoms with Crippen LogP contribution in [0.5, 0.6) is 0 Å². The zero-order chi connectivity index (χ0) is 7.72. The van der Waals surface area contributed by atoms with Gasteiger partial charge in [0.05, 0.1) is 0 Å². The van der Waals surface area contributed by atoms with Crippen LogP contribution in [-0.4, -0.2) is 45.1 Å². The van der Waals surface area contributed by atoms with Gasteiger partial charge in [0.15, 0.2) is 0 Å². The second kappa shape index (κ2) is 2.99. The fraction of sp³-hybridized carbons (Fsp3) is 1.00. The molecule has 6 heteroatoms. The van der Waals surface area contributed by atoms with Gasteiger partial charge in [-0.1, -0.05) is 13.6 Å². The summed E-state index contributed by atoms with van der Waals surface area (Å²) < 4.78 is 4.59. The van der Waals surface area contributed by atoms with Crippen LogP contribution in [0.1, 0.15) is 0 Å². The van der Waals surface area contributed by atoms with Gasteiger partial charge in [-0.3, -0.25) is 0 Å². The molecular weight excluding hydrogens is 123 g/mol. The third-order valence-electron chi connectivity index (χ3n) is 2.47. The predicted octanol–water partition coefficient (Wildman–Crippen LogP) is -1.04. The van der Waals surface area contributed by atoms with Gasteiger partial charge in [0.2, 0.25) is 0 Å². The van der Waals surface area contributed by atoms with Crippen LogP contribution in [0.3, 0.4) is 0 Å². The molecule has 0 aromatic rings. The molecule has 0 aromatic heterocycles. The largest absolute Gasteiger partial charge is 0.374 e. The van der Waals surface area contributed by atoms with E-state index in [1.165, 1.54) is 0 Å². The third-order valence-corrected chi connectivity index (χ3v) is 2.47. The van der Waals surface area contributed by atoms with E-state index in [1.54, 1.807) is 0 Å². The Kier molecular flexibility index (Phi) is 2.44. The minimum atomic E-state index is 0.506. The van der Waals surface area contributed by atoms with Crippen molar-refractivity contribution in [2.75, 3.05) is 14.1 Å². The molecule has 1 heterocycles. The molecular formula is C4H14B3N3. The fourth-order valence-corrected chi connectivity index (χ4v) is 1.19. The first-order valence-corrected chi connectivity index (χ1v) is 3.78. The van der Waals surface area contributed by atoms with E-state index >= 15 is 0 Å². The van der Waals surface area contributed by atoms with Gasteiger partial charge in [0.25, 0.3) is 21.5 Å². The molecule has 0 aliphatic carbocycles. The average molecular weight is 137 g/mol. The van der Waals surface area contributed by atoms with E-state index in [9.17, 15) is 0 Å². The number of hydrogen-bond acceptors (Lipinski definition) is 3. The first-order valence-electron chi connectivity index (χ1n) is 3.78. The van der Waals surface area contributed by atoms with Gasteiger partial charge < -0.3 is 14.6 Å². The molecule has 0 bridgehead atoms. The SMILES string of the molecule is CB1NBN(C)B(C)N1C. The fourth-order valence-electron chi connectivity index (χ4n) is 1.19. The van der Waals surface area contributed by atoms with Crippen molar-refractivity contribution in [1.82, 2.24) is 14.6 Å². The van der Waals surface area contributed by atoms with Crippen molar-refractivity contribution in [3.05, 3.63) is 0 Å². The second-order valence-corrected chi connectivity index (χ2v) is 3.09. The predicted molar refractivity (Wildman–Crippen MR) is 49.0 cm³/mol. The highest BCUT2D eigenvalue weighted by Crippen LogP contribution is 2.00. The molecule has 3 nitrogen and oxygen atoms in total. The lowest BCUT2D eigenvalue weighted by Gasteiger charge is -2.38. The van der Waals surface area contributed by atoms with Gasteiger partial charge in [0, 0.05) is 0 Å². The zero-order valence-corrected chi connectivity index (χ0v) is 7.26. The number of nitrogens with one attached hydrogen (secondary N) is 1. The summed E-state index contributed by atoms with van der Waals surface area (Å²) in [6.07, 6.45) is 0. The van der Waals surface area contributed by atoms with Gasteiger partial charge >= 0.3 is 0 Å². The Morgan fingerprint density at radius 3 is 2.40 bits per heavy atom. The zero-order valence-electron chi connectivity index (χ0n) is 7.26. The average Bonchev–Trinajstić information content (AvgIpc) is 1.93. The molecule has 0 aromatic carbocycles. The van der Waals surface area contributed by atoms with Gasteiger partial charge in [-0.15, -0.1) is 0 Å². The van der Waals surface area contributed by atoms with Crippen LogP contribution in [-0.2, 0) is 0 Å². The summed E-state index contributed by atoms with van der Waals surface area (Å²) in [7, 11) is 5.25. The third kappa shape index (κ3) is 1.39. The highest BCUT2D eigenvalue weighted by atomic mass is 15.2. The number of nitrogens with zero attached hydrogens (tertiary/aromatic N) is 2. The summed E-state index contributed by atoms with van der Waals surface area (Å²) in [6, 6.07) is 0. The first-order chi connectivity index (χ1) is 4.63. The Morgan fingerprint density at radius 1 is 1.30 bits per heavy atom. The summed E-state index contributed by atoms with van der Waals surface area (Å²) in [5.41, 5.74) is 0. The van der Waals surface area contributed by atoms with Gasteiger partial charge in [-0.05, 0) is 14.1 Å². The Labute approximate surface area is 64.7 Å². The highest BCUT2D eigenvalue weighted by molar-refractivity contribution is 6.79. The maximum Gasteiger partial charge on any atom is 0.286 e. The molecule has 1 aliphatic rings. The summed E-state index contributed by atoms with van der Waals surface area (Å²) in [6.45, 7) is 5.46. The molecule has 0 saturated carbocycles. The van der Waals surface area contributed by atoms with Crippen LogP contribution in [0.15, 0.2) is 0 Å². The molecule has 1 rings (SSSR count). The van der Waals surface area contributed by atoms with Gasteiger partial charge in [-0.2, -0.15) is 0 Å². The van der Waals surface area contributed by atoms with Crippen LogP contribution in [0.25, 0.3) is 0 Å². The standard InChI is InChI=1S/C4H14B3N3/c1-6-8-5-9(3)7(2)10(6)4/h5,8H,1-4H3. The normalized spacial score (nSPS) is 23.2. The molecule has 54 valence electrons. The van der Waals surface area contributed by atoms with Crippen molar-refractivity contribution < 1.29 is 0 Å². The van der Waals surface area contributed by atoms with Crippen molar-refractivity contribution in [3.8, 4) is 0 Å². The molecule has 1 fully saturated rings. The molecule has 1 N–H and O–H groups in total. The van der Waals surface area contributed by atoms with E-state index in [0.29, 0.717) is 14.0 Å². The molecule has 10 heavy (non-hydrogen) atoms. The number of rotatable bonds is 0. The minimum Gasteiger partial charge on any atom is -0.374 e. The van der Waals surface area contributed by atoms with Crippen LogP contribution >= 0.6 is 0 Å². The molecule has 0 radical (unpaired) electrons. The van der Waals surface area contributed by atoms with Crippen molar-refractivity contribution in [2.24, 2.45) is 0 Å². The number of hydrogen-bond donors (Lipinski definition) is 1. The van der Waals surface area contributed by atoms with Crippen LogP contribution in [0.2, 0.25) is 13.6 Å². The van der Waals surface area contributed by atoms with Crippen LogP contribution < -0.4 is 5.14 Å². The smallest absolute Gasteiger partial charge is 0.286 e. The summed E-state index contributed by atoms with van der Waals surface area (Å²) in [5, 5.41) is 3.36. The van der Waals surface area contributed by atoms with Crippen LogP contribution in [0.4, 0.5) is 0 Å². The van der Waals surface area contributed by atoms with Crippen molar-refractivity contribution in [2.45, 2.75) is 13.6 Å². The monoisotopic (exact) mass is 137 g/mol. The highest BCUT2D eigenvalue weighted by Gasteiger charge is 2.30. The van der Waals surface area contributed by atoms with E-state index in [4.69, 9.17) is 0 Å². The molecule has 1 aliphatic heterocycles. The lowest BCUT2D eigenvalue weighted by atomic mass is 9.54. The molecule has 1 saturated heterocycles. The molecule has 0 atom stereocenters. The second-order valence-electron chi connectivity index (χ2n) is 3.09. The Hall–Kier alpha value is 0.0748. The van der Waals surface area contributed by atoms with Gasteiger partial charge in [-0.25, -0.2) is 0 Å². The maximum absolute atomic E-state index is 3.36. The van der Waals surface area contributed by atoms with E-state index < -0.39 is 0 Å². The summed E-state index contributed by atoms with van der Waals surface area (Å²) >= 11 is 0. The molecule has 0 unspecified atom stereocenters. The summed E-state index contributed by atoms with van der Waals surface area (Å²) in [4.78, 5) is 0. The topological polar surface area (TPSA) is 18.5 Å². The quantitative estimate of drug-likeness (QED) is 0.429. The van der Waals surface area contributed by atoms with Crippen LogP contribution in [0, 0.1) is 0 Å². The van der Waals surface area contributed by atoms with Crippen molar-refractivity contribution in [1.29, 1.82) is 0 Å². The molecule has 0 amide bonds. The minimum absolute atomic E-state index is 0.506. The van der Waals surface area contributed by atoms with Gasteiger partial charge in [0.1, 0.15) is 0 Å². The molecule has 0 spiro atoms. The summed E-state index contributed by atoms with van der Waals surface area (Å²) in [5.74, 6) is 0. The van der Waals surface area contributed by atoms with E-state index in [0.717, 1.165) is 7.55 Å². The Bertz CT molecular complexity index is 108. The van der Waals surface area contributed by atoms with E-state index in [2.05, 4.69) is 42.3 Å². The Balaban J connectivity index is 2.52. The lowest BCUT2D eigenvalue weighted by molar-refractivity contribution is 0.649. The van der Waals surface area contributed by atoms with E-state index in [-0.39, 0.29) is 0 Å². The van der Waals surface area contributed by atoms with Crippen molar-refractivity contribution >= 4 is 21.5 Å².